The van der Waals surface area contributed by atoms with Gasteiger partial charge >= 0.3 is 0 Å². The Bertz CT molecular complexity index is 129. The highest BCUT2D eigenvalue weighted by Crippen LogP contribution is 2.12. The van der Waals surface area contributed by atoms with Crippen molar-refractivity contribution in [2.75, 3.05) is 6.61 Å². The lowest BCUT2D eigenvalue weighted by molar-refractivity contribution is -0.122. The van der Waals surface area contributed by atoms with Crippen molar-refractivity contribution in [2.45, 2.75) is 13.8 Å². The highest BCUT2D eigenvalue weighted by molar-refractivity contribution is 5.78. The van der Waals surface area contributed by atoms with Gasteiger partial charge in [-0.3, -0.25) is 4.79 Å². The van der Waals surface area contributed by atoms with Gasteiger partial charge in [0.25, 0.3) is 0 Å². The predicted molar refractivity (Wildman–Crippen MR) is 40.6 cm³/mol. The number of carbonyl (C=O) groups is 1. The van der Waals surface area contributed by atoms with E-state index in [1.807, 2.05) is 6.92 Å². The summed E-state index contributed by atoms with van der Waals surface area (Å²) in [5.74, 6) is -0.171. The van der Waals surface area contributed by atoms with Gasteiger partial charge in [-0.25, -0.2) is 0 Å². The standard InChI is InChI=1S/C8H14O2/c1-4-6(2)8(5-9)7(3)10/h4,6,8-9H,1,5H2,2-3H3/t6-,8+/m1/s1. The van der Waals surface area contributed by atoms with Crippen LogP contribution in [0.4, 0.5) is 0 Å². The van der Waals surface area contributed by atoms with Crippen LogP contribution in [-0.2, 0) is 4.79 Å². The summed E-state index contributed by atoms with van der Waals surface area (Å²) in [5, 5.41) is 8.73. The SMILES string of the molecule is C=C[C@@H](C)[C@H](CO)C(C)=O. The van der Waals surface area contributed by atoms with Crippen LogP contribution in [-0.4, -0.2) is 17.5 Å². The number of hydrogen-bond acceptors (Lipinski definition) is 2. The Morgan fingerprint density at radius 2 is 2.30 bits per heavy atom. The molecular formula is C8H14O2. The van der Waals surface area contributed by atoms with Gasteiger partial charge < -0.3 is 5.11 Å². The first-order chi connectivity index (χ1) is 4.63. The summed E-state index contributed by atoms with van der Waals surface area (Å²) in [7, 11) is 0. The third-order valence-corrected chi connectivity index (χ3v) is 1.73. The van der Waals surface area contributed by atoms with E-state index in [9.17, 15) is 4.79 Å². The summed E-state index contributed by atoms with van der Waals surface area (Å²) >= 11 is 0. The molecule has 0 aliphatic rings. The average Bonchev–Trinajstić information content (AvgIpc) is 1.88. The fraction of sp³-hybridized carbons (Fsp3) is 0.625. The Morgan fingerprint density at radius 3 is 2.40 bits per heavy atom. The molecule has 0 aliphatic heterocycles. The second-order valence-corrected chi connectivity index (χ2v) is 2.49. The normalized spacial score (nSPS) is 15.9. The van der Waals surface area contributed by atoms with Crippen LogP contribution in [0.1, 0.15) is 13.8 Å². The monoisotopic (exact) mass is 142 g/mol. The fourth-order valence-corrected chi connectivity index (χ4v) is 0.829. The lowest BCUT2D eigenvalue weighted by atomic mass is 9.92. The molecule has 0 heterocycles. The lowest BCUT2D eigenvalue weighted by Crippen LogP contribution is -2.21. The van der Waals surface area contributed by atoms with Gasteiger partial charge in [-0.05, 0) is 12.8 Å². The quantitative estimate of drug-likeness (QED) is 0.595. The van der Waals surface area contributed by atoms with Crippen molar-refractivity contribution in [1.82, 2.24) is 0 Å². The number of aliphatic hydroxyl groups excluding tert-OH is 1. The van der Waals surface area contributed by atoms with E-state index < -0.39 is 0 Å². The molecule has 0 aromatic heterocycles. The molecule has 2 heteroatoms. The Kier molecular flexibility index (Phi) is 3.96. The molecule has 0 radical (unpaired) electrons. The average molecular weight is 142 g/mol. The number of allylic oxidation sites excluding steroid dienone is 1. The van der Waals surface area contributed by atoms with E-state index in [1.54, 1.807) is 6.08 Å². The third-order valence-electron chi connectivity index (χ3n) is 1.73. The third kappa shape index (κ3) is 2.31. The zero-order valence-corrected chi connectivity index (χ0v) is 6.50. The van der Waals surface area contributed by atoms with Crippen LogP contribution in [0.5, 0.6) is 0 Å². The summed E-state index contributed by atoms with van der Waals surface area (Å²) in [6.45, 7) is 6.82. The van der Waals surface area contributed by atoms with Crippen molar-refractivity contribution in [2.24, 2.45) is 11.8 Å². The number of Topliss-reactive ketones (excluding diaryl/α,β-unsaturated/α-hetero) is 1. The van der Waals surface area contributed by atoms with E-state index in [0.717, 1.165) is 0 Å². The molecule has 58 valence electrons. The van der Waals surface area contributed by atoms with Crippen LogP contribution in [0.15, 0.2) is 12.7 Å². The van der Waals surface area contributed by atoms with Gasteiger partial charge in [-0.15, -0.1) is 6.58 Å². The Labute approximate surface area is 61.6 Å². The maximum atomic E-state index is 10.8. The molecular weight excluding hydrogens is 128 g/mol. The van der Waals surface area contributed by atoms with Gasteiger partial charge in [0.1, 0.15) is 5.78 Å². The van der Waals surface area contributed by atoms with Crippen molar-refractivity contribution >= 4 is 5.78 Å². The molecule has 0 bridgehead atoms. The molecule has 1 N–H and O–H groups in total. The van der Waals surface area contributed by atoms with Crippen LogP contribution in [0.3, 0.4) is 0 Å². The number of ketones is 1. The van der Waals surface area contributed by atoms with Crippen LogP contribution >= 0.6 is 0 Å². The molecule has 0 unspecified atom stereocenters. The zero-order chi connectivity index (χ0) is 8.15. The van der Waals surface area contributed by atoms with Gasteiger partial charge in [0.05, 0.1) is 6.61 Å². The maximum absolute atomic E-state index is 10.8. The van der Waals surface area contributed by atoms with Crippen LogP contribution in [0.2, 0.25) is 0 Å². The van der Waals surface area contributed by atoms with Crippen LogP contribution in [0, 0.1) is 11.8 Å². The largest absolute Gasteiger partial charge is 0.396 e. The Morgan fingerprint density at radius 1 is 1.80 bits per heavy atom. The Balaban J connectivity index is 4.05. The van der Waals surface area contributed by atoms with Crippen LogP contribution in [0.25, 0.3) is 0 Å². The molecule has 0 fully saturated rings. The first kappa shape index (κ1) is 9.37. The zero-order valence-electron chi connectivity index (χ0n) is 6.50. The molecule has 0 aliphatic carbocycles. The van der Waals surface area contributed by atoms with Crippen molar-refractivity contribution in [3.05, 3.63) is 12.7 Å². The minimum atomic E-state index is -0.266. The minimum Gasteiger partial charge on any atom is -0.396 e. The van der Waals surface area contributed by atoms with Crippen molar-refractivity contribution in [1.29, 1.82) is 0 Å². The van der Waals surface area contributed by atoms with E-state index in [-0.39, 0.29) is 24.2 Å². The molecule has 0 saturated heterocycles. The van der Waals surface area contributed by atoms with Crippen molar-refractivity contribution in [3.8, 4) is 0 Å². The molecule has 0 aromatic rings. The number of hydrogen-bond donors (Lipinski definition) is 1. The molecule has 2 nitrogen and oxygen atoms in total. The topological polar surface area (TPSA) is 37.3 Å². The van der Waals surface area contributed by atoms with Gasteiger partial charge in [0, 0.05) is 5.92 Å². The van der Waals surface area contributed by atoms with Gasteiger partial charge in [0.15, 0.2) is 0 Å². The van der Waals surface area contributed by atoms with Crippen molar-refractivity contribution in [3.63, 3.8) is 0 Å². The molecule has 10 heavy (non-hydrogen) atoms. The van der Waals surface area contributed by atoms with Crippen molar-refractivity contribution < 1.29 is 9.90 Å². The first-order valence-corrected chi connectivity index (χ1v) is 3.37. The molecule has 0 saturated carbocycles. The number of carbonyl (C=O) groups excluding carboxylic acids is 1. The fourth-order valence-electron chi connectivity index (χ4n) is 0.829. The van der Waals surface area contributed by atoms with Gasteiger partial charge in [-0.2, -0.15) is 0 Å². The van der Waals surface area contributed by atoms with E-state index >= 15 is 0 Å². The second kappa shape index (κ2) is 4.23. The minimum absolute atomic E-state index is 0.0231. The summed E-state index contributed by atoms with van der Waals surface area (Å²) in [4.78, 5) is 10.8. The van der Waals surface area contributed by atoms with E-state index in [1.165, 1.54) is 6.92 Å². The molecule has 2 atom stereocenters. The number of aliphatic hydroxyl groups is 1. The molecule has 0 aromatic carbocycles. The molecule has 0 amide bonds. The molecule has 0 spiro atoms. The van der Waals surface area contributed by atoms with Gasteiger partial charge in [0.2, 0.25) is 0 Å². The lowest BCUT2D eigenvalue weighted by Gasteiger charge is -2.14. The highest BCUT2D eigenvalue weighted by atomic mass is 16.3. The second-order valence-electron chi connectivity index (χ2n) is 2.49. The summed E-state index contributed by atoms with van der Waals surface area (Å²) in [6, 6.07) is 0. The summed E-state index contributed by atoms with van der Waals surface area (Å²) in [6.07, 6.45) is 1.68. The summed E-state index contributed by atoms with van der Waals surface area (Å²) in [5.41, 5.74) is 0. The van der Waals surface area contributed by atoms with Gasteiger partial charge in [-0.1, -0.05) is 13.0 Å². The van der Waals surface area contributed by atoms with E-state index in [2.05, 4.69) is 6.58 Å². The van der Waals surface area contributed by atoms with E-state index in [0.29, 0.717) is 0 Å². The molecule has 0 rings (SSSR count). The number of rotatable bonds is 4. The first-order valence-electron chi connectivity index (χ1n) is 3.37. The maximum Gasteiger partial charge on any atom is 0.135 e. The van der Waals surface area contributed by atoms with E-state index in [4.69, 9.17) is 5.11 Å². The van der Waals surface area contributed by atoms with Crippen LogP contribution < -0.4 is 0 Å². The predicted octanol–water partition coefficient (Wildman–Crippen LogP) is 1.01. The summed E-state index contributed by atoms with van der Waals surface area (Å²) < 4.78 is 0. The Hall–Kier alpha value is -0.630. The highest BCUT2D eigenvalue weighted by Gasteiger charge is 2.17. The smallest absolute Gasteiger partial charge is 0.135 e.